The van der Waals surface area contributed by atoms with Crippen molar-refractivity contribution in [2.24, 2.45) is 0 Å². The molecule has 4 rings (SSSR count). The van der Waals surface area contributed by atoms with E-state index in [0.717, 1.165) is 29.5 Å². The van der Waals surface area contributed by atoms with Crippen molar-refractivity contribution < 1.29 is 9.26 Å². The summed E-state index contributed by atoms with van der Waals surface area (Å²) in [5.41, 5.74) is 0. The molecule has 3 aromatic rings. The van der Waals surface area contributed by atoms with Gasteiger partial charge in [0.15, 0.2) is 5.82 Å². The predicted molar refractivity (Wildman–Crippen MR) is 84.0 cm³/mol. The van der Waals surface area contributed by atoms with E-state index in [-0.39, 0.29) is 6.10 Å². The topological polar surface area (TPSA) is 91.8 Å². The van der Waals surface area contributed by atoms with Gasteiger partial charge in [-0.2, -0.15) is 4.98 Å². The number of aromatic nitrogens is 6. The Hall–Kier alpha value is -1.78. The van der Waals surface area contributed by atoms with Crippen molar-refractivity contribution in [2.75, 3.05) is 6.61 Å². The minimum atomic E-state index is 0.202. The number of tetrazole rings is 1. The molecule has 23 heavy (non-hydrogen) atoms. The summed E-state index contributed by atoms with van der Waals surface area (Å²) in [7, 11) is 0. The van der Waals surface area contributed by atoms with Crippen molar-refractivity contribution in [3.05, 3.63) is 23.3 Å². The van der Waals surface area contributed by atoms with Crippen molar-refractivity contribution in [3.8, 4) is 10.8 Å². The van der Waals surface area contributed by atoms with Gasteiger partial charge in [-0.15, -0.1) is 16.4 Å². The summed E-state index contributed by atoms with van der Waals surface area (Å²) in [5, 5.41) is 18.6. The van der Waals surface area contributed by atoms with E-state index in [9.17, 15) is 0 Å². The third-order valence-corrected chi connectivity index (χ3v) is 5.24. The quantitative estimate of drug-likeness (QED) is 0.625. The first-order valence-corrected chi connectivity index (χ1v) is 9.12. The lowest BCUT2D eigenvalue weighted by Gasteiger charge is -2.09. The molecular formula is C13H14N6O2S2. The third kappa shape index (κ3) is 3.43. The van der Waals surface area contributed by atoms with Crippen molar-refractivity contribution in [1.82, 2.24) is 30.3 Å². The maximum atomic E-state index is 5.62. The van der Waals surface area contributed by atoms with Gasteiger partial charge in [0, 0.05) is 6.61 Å². The molecule has 0 bridgehead atoms. The van der Waals surface area contributed by atoms with Crippen LogP contribution in [0.1, 0.15) is 18.7 Å². The summed E-state index contributed by atoms with van der Waals surface area (Å²) in [5.74, 6) is 1.74. The Morgan fingerprint density at radius 1 is 1.43 bits per heavy atom. The molecule has 0 amide bonds. The minimum Gasteiger partial charge on any atom is -0.376 e. The Morgan fingerprint density at radius 3 is 3.26 bits per heavy atom. The van der Waals surface area contributed by atoms with E-state index in [1.54, 1.807) is 16.0 Å². The first kappa shape index (κ1) is 14.8. The Balaban J connectivity index is 1.38. The maximum absolute atomic E-state index is 5.62. The fourth-order valence-electron chi connectivity index (χ4n) is 2.34. The molecule has 120 valence electrons. The first-order valence-electron chi connectivity index (χ1n) is 7.25. The zero-order valence-electron chi connectivity index (χ0n) is 12.2. The van der Waals surface area contributed by atoms with E-state index < -0.39 is 0 Å². The van der Waals surface area contributed by atoms with Gasteiger partial charge in [0.1, 0.15) is 0 Å². The van der Waals surface area contributed by atoms with E-state index in [4.69, 9.17) is 9.26 Å². The summed E-state index contributed by atoms with van der Waals surface area (Å²) in [6.07, 6.45) is 2.36. The number of thioether (sulfide) groups is 1. The average molecular weight is 350 g/mol. The second-order valence-electron chi connectivity index (χ2n) is 5.06. The summed E-state index contributed by atoms with van der Waals surface area (Å²) in [6, 6.07) is 3.91. The molecule has 10 heteroatoms. The molecule has 1 saturated heterocycles. The molecule has 4 heterocycles. The van der Waals surface area contributed by atoms with E-state index in [0.29, 0.717) is 24.0 Å². The minimum absolute atomic E-state index is 0.202. The van der Waals surface area contributed by atoms with Crippen LogP contribution in [0, 0.1) is 0 Å². The molecule has 3 aromatic heterocycles. The van der Waals surface area contributed by atoms with Crippen LogP contribution in [0.15, 0.2) is 27.2 Å². The summed E-state index contributed by atoms with van der Waals surface area (Å²) in [4.78, 5) is 5.36. The number of thiophene rings is 1. The molecule has 1 fully saturated rings. The number of nitrogens with zero attached hydrogens (tertiary/aromatic N) is 6. The second kappa shape index (κ2) is 6.77. The molecule has 1 aliphatic rings. The van der Waals surface area contributed by atoms with Crippen LogP contribution in [0.3, 0.4) is 0 Å². The number of hydrogen-bond donors (Lipinski definition) is 0. The molecule has 0 saturated carbocycles. The largest absolute Gasteiger partial charge is 0.376 e. The monoisotopic (exact) mass is 350 g/mol. The van der Waals surface area contributed by atoms with E-state index in [1.807, 2.05) is 17.5 Å². The van der Waals surface area contributed by atoms with Crippen molar-refractivity contribution >= 4 is 23.1 Å². The molecule has 0 N–H and O–H groups in total. The van der Waals surface area contributed by atoms with Crippen molar-refractivity contribution in [3.63, 3.8) is 0 Å². The highest BCUT2D eigenvalue weighted by molar-refractivity contribution is 7.98. The lowest BCUT2D eigenvalue weighted by molar-refractivity contribution is 0.0912. The SMILES string of the molecule is c1csc(-c2nc(CSc3nnnn3CC3CCCO3)no2)c1. The Bertz CT molecular complexity index is 750. The highest BCUT2D eigenvalue weighted by Crippen LogP contribution is 2.25. The average Bonchev–Trinajstić information content (AvgIpc) is 3.34. The maximum Gasteiger partial charge on any atom is 0.268 e. The zero-order chi connectivity index (χ0) is 15.5. The fraction of sp³-hybridized carbons (Fsp3) is 0.462. The summed E-state index contributed by atoms with van der Waals surface area (Å²) < 4.78 is 12.7. The third-order valence-electron chi connectivity index (χ3n) is 3.43. The molecule has 8 nitrogen and oxygen atoms in total. The fourth-order valence-corrected chi connectivity index (χ4v) is 3.71. The molecule has 0 aromatic carbocycles. The molecule has 0 spiro atoms. The summed E-state index contributed by atoms with van der Waals surface area (Å²) in [6.45, 7) is 1.51. The van der Waals surface area contributed by atoms with Gasteiger partial charge in [-0.3, -0.25) is 0 Å². The normalized spacial score (nSPS) is 17.8. The van der Waals surface area contributed by atoms with E-state index in [2.05, 4.69) is 25.7 Å². The highest BCUT2D eigenvalue weighted by Gasteiger charge is 2.19. The molecule has 1 aliphatic heterocycles. The van der Waals surface area contributed by atoms with Gasteiger partial charge in [-0.1, -0.05) is 23.0 Å². The van der Waals surface area contributed by atoms with Crippen LogP contribution in [-0.4, -0.2) is 43.1 Å². The second-order valence-corrected chi connectivity index (χ2v) is 6.95. The van der Waals surface area contributed by atoms with Crippen LogP contribution in [0.4, 0.5) is 0 Å². The highest BCUT2D eigenvalue weighted by atomic mass is 32.2. The van der Waals surface area contributed by atoms with Gasteiger partial charge in [-0.25, -0.2) is 4.68 Å². The van der Waals surface area contributed by atoms with Gasteiger partial charge in [0.25, 0.3) is 5.89 Å². The van der Waals surface area contributed by atoms with Crippen molar-refractivity contribution in [1.29, 1.82) is 0 Å². The van der Waals surface area contributed by atoms with E-state index in [1.165, 1.54) is 11.8 Å². The summed E-state index contributed by atoms with van der Waals surface area (Å²) >= 11 is 3.06. The first-order chi connectivity index (χ1) is 11.4. The zero-order valence-corrected chi connectivity index (χ0v) is 13.8. The lowest BCUT2D eigenvalue weighted by Crippen LogP contribution is -2.16. The Labute approximate surface area is 140 Å². The Kier molecular flexibility index (Phi) is 4.35. The van der Waals surface area contributed by atoms with Crippen LogP contribution in [0.2, 0.25) is 0 Å². The molecular weight excluding hydrogens is 336 g/mol. The van der Waals surface area contributed by atoms with Gasteiger partial charge in [0.05, 0.1) is 23.3 Å². The van der Waals surface area contributed by atoms with E-state index >= 15 is 0 Å². The van der Waals surface area contributed by atoms with Gasteiger partial charge >= 0.3 is 0 Å². The number of rotatable bonds is 6. The molecule has 1 unspecified atom stereocenters. The number of hydrogen-bond acceptors (Lipinski definition) is 9. The number of ether oxygens (including phenoxy) is 1. The van der Waals surface area contributed by atoms with Crippen LogP contribution in [-0.2, 0) is 17.0 Å². The van der Waals surface area contributed by atoms with Crippen LogP contribution < -0.4 is 0 Å². The molecule has 1 atom stereocenters. The van der Waals surface area contributed by atoms with Crippen LogP contribution in [0.5, 0.6) is 0 Å². The van der Waals surface area contributed by atoms with Gasteiger partial charge < -0.3 is 9.26 Å². The molecule has 0 aliphatic carbocycles. The molecule has 0 radical (unpaired) electrons. The Morgan fingerprint density at radius 2 is 2.43 bits per heavy atom. The lowest BCUT2D eigenvalue weighted by atomic mass is 10.2. The van der Waals surface area contributed by atoms with Gasteiger partial charge in [-0.05, 0) is 34.7 Å². The van der Waals surface area contributed by atoms with Gasteiger partial charge in [0.2, 0.25) is 5.16 Å². The predicted octanol–water partition coefficient (Wildman–Crippen LogP) is 2.26. The standard InChI is InChI=1S/C13H14N6O2S2/c1-3-9(20-5-1)7-19-13(15-17-18-19)23-8-11-14-12(21-16-11)10-4-2-6-22-10/h2,4,6,9H,1,3,5,7-8H2. The smallest absolute Gasteiger partial charge is 0.268 e. The van der Waals surface area contributed by atoms with Crippen molar-refractivity contribution in [2.45, 2.75) is 36.4 Å². The van der Waals surface area contributed by atoms with Crippen LogP contribution in [0.25, 0.3) is 10.8 Å². The van der Waals surface area contributed by atoms with Crippen LogP contribution >= 0.6 is 23.1 Å².